The van der Waals surface area contributed by atoms with Gasteiger partial charge in [-0.3, -0.25) is 4.79 Å². The van der Waals surface area contributed by atoms with E-state index in [1.54, 1.807) is 17.0 Å². The van der Waals surface area contributed by atoms with Crippen LogP contribution in [0.5, 0.6) is 0 Å². The van der Waals surface area contributed by atoms with E-state index in [9.17, 15) is 4.79 Å². The summed E-state index contributed by atoms with van der Waals surface area (Å²) < 4.78 is 0. The molecule has 0 unspecified atom stereocenters. The van der Waals surface area contributed by atoms with Crippen molar-refractivity contribution in [3.63, 3.8) is 0 Å². The standard InChI is InChI=1S/C12H14BrN3O/c1-2-16(7-3-6-13)12(17)11-5-4-10(8-14)9-15-11/h4-5,9H,2-3,6-7H2,1H3. The van der Waals surface area contributed by atoms with E-state index < -0.39 is 0 Å². The van der Waals surface area contributed by atoms with E-state index in [0.29, 0.717) is 24.3 Å². The van der Waals surface area contributed by atoms with Gasteiger partial charge in [0.2, 0.25) is 0 Å². The van der Waals surface area contributed by atoms with E-state index in [1.807, 2.05) is 13.0 Å². The molecule has 0 aliphatic rings. The van der Waals surface area contributed by atoms with E-state index in [4.69, 9.17) is 5.26 Å². The molecule has 0 fully saturated rings. The highest BCUT2D eigenvalue weighted by Crippen LogP contribution is 2.05. The van der Waals surface area contributed by atoms with E-state index in [2.05, 4.69) is 20.9 Å². The van der Waals surface area contributed by atoms with Crippen molar-refractivity contribution in [1.29, 1.82) is 5.26 Å². The highest BCUT2D eigenvalue weighted by Gasteiger charge is 2.14. The number of nitrogens with zero attached hydrogens (tertiary/aromatic N) is 3. The molecule has 1 rings (SSSR count). The van der Waals surface area contributed by atoms with Gasteiger partial charge in [0, 0.05) is 24.6 Å². The Balaban J connectivity index is 2.76. The Morgan fingerprint density at radius 1 is 1.59 bits per heavy atom. The Labute approximate surface area is 109 Å². The average molecular weight is 296 g/mol. The summed E-state index contributed by atoms with van der Waals surface area (Å²) in [5.74, 6) is -0.0852. The molecule has 0 bridgehead atoms. The minimum Gasteiger partial charge on any atom is -0.338 e. The van der Waals surface area contributed by atoms with Crippen LogP contribution in [0.15, 0.2) is 18.3 Å². The highest BCUT2D eigenvalue weighted by molar-refractivity contribution is 9.09. The molecule has 0 aromatic carbocycles. The fraction of sp³-hybridized carbons (Fsp3) is 0.417. The first kappa shape index (κ1) is 13.7. The SMILES string of the molecule is CCN(CCCBr)C(=O)c1ccc(C#N)cn1. The quantitative estimate of drug-likeness (QED) is 0.783. The molecule has 1 aromatic heterocycles. The number of carbonyl (C=O) groups is 1. The van der Waals surface area contributed by atoms with Gasteiger partial charge >= 0.3 is 0 Å². The molecule has 5 heteroatoms. The molecule has 1 amide bonds. The third kappa shape index (κ3) is 3.82. The molecule has 0 saturated heterocycles. The number of amides is 1. The Morgan fingerprint density at radius 2 is 2.35 bits per heavy atom. The topological polar surface area (TPSA) is 57.0 Å². The summed E-state index contributed by atoms with van der Waals surface area (Å²) in [6, 6.07) is 5.18. The third-order valence-electron chi connectivity index (χ3n) is 2.34. The smallest absolute Gasteiger partial charge is 0.272 e. The van der Waals surface area contributed by atoms with Gasteiger partial charge in [-0.1, -0.05) is 15.9 Å². The largest absolute Gasteiger partial charge is 0.338 e. The van der Waals surface area contributed by atoms with Gasteiger partial charge in [0.1, 0.15) is 11.8 Å². The number of hydrogen-bond acceptors (Lipinski definition) is 3. The van der Waals surface area contributed by atoms with Crippen molar-refractivity contribution in [3.05, 3.63) is 29.6 Å². The second kappa shape index (κ2) is 7.02. The van der Waals surface area contributed by atoms with Gasteiger partial charge in [0.15, 0.2) is 0 Å². The first-order valence-corrected chi connectivity index (χ1v) is 6.56. The van der Waals surface area contributed by atoms with Gasteiger partial charge in [-0.25, -0.2) is 4.98 Å². The molecule has 1 aromatic rings. The molecule has 0 saturated carbocycles. The number of nitriles is 1. The van der Waals surface area contributed by atoms with Crippen molar-refractivity contribution < 1.29 is 4.79 Å². The van der Waals surface area contributed by atoms with Crippen molar-refractivity contribution >= 4 is 21.8 Å². The first-order valence-electron chi connectivity index (χ1n) is 5.44. The van der Waals surface area contributed by atoms with E-state index >= 15 is 0 Å². The maximum atomic E-state index is 12.0. The van der Waals surface area contributed by atoms with Crippen LogP contribution in [0.3, 0.4) is 0 Å². The van der Waals surface area contributed by atoms with Gasteiger partial charge in [0.25, 0.3) is 5.91 Å². The monoisotopic (exact) mass is 295 g/mol. The van der Waals surface area contributed by atoms with Crippen LogP contribution in [0.2, 0.25) is 0 Å². The summed E-state index contributed by atoms with van der Waals surface area (Å²) in [6.07, 6.45) is 2.33. The highest BCUT2D eigenvalue weighted by atomic mass is 79.9. The fourth-order valence-corrected chi connectivity index (χ4v) is 1.65. The number of halogens is 1. The second-order valence-corrected chi connectivity index (χ2v) is 4.26. The van der Waals surface area contributed by atoms with Crippen LogP contribution in [-0.2, 0) is 0 Å². The normalized spacial score (nSPS) is 9.71. The summed E-state index contributed by atoms with van der Waals surface area (Å²) in [7, 11) is 0. The van der Waals surface area contributed by atoms with Gasteiger partial charge < -0.3 is 4.90 Å². The predicted octanol–water partition coefficient (Wildman–Crippen LogP) is 2.20. The molecule has 0 spiro atoms. The second-order valence-electron chi connectivity index (χ2n) is 3.47. The summed E-state index contributed by atoms with van der Waals surface area (Å²) in [5, 5.41) is 9.52. The zero-order chi connectivity index (χ0) is 12.7. The summed E-state index contributed by atoms with van der Waals surface area (Å²) in [6.45, 7) is 3.31. The zero-order valence-corrected chi connectivity index (χ0v) is 11.3. The van der Waals surface area contributed by atoms with Crippen LogP contribution in [-0.4, -0.2) is 34.2 Å². The van der Waals surface area contributed by atoms with Crippen molar-refractivity contribution in [1.82, 2.24) is 9.88 Å². The van der Waals surface area contributed by atoms with E-state index in [0.717, 1.165) is 11.8 Å². The molecule has 0 aliphatic carbocycles. The number of aromatic nitrogens is 1. The van der Waals surface area contributed by atoms with Crippen LogP contribution < -0.4 is 0 Å². The molecule has 0 aliphatic heterocycles. The molecule has 0 atom stereocenters. The molecule has 1 heterocycles. The molecule has 0 N–H and O–H groups in total. The number of pyridine rings is 1. The lowest BCUT2D eigenvalue weighted by atomic mass is 10.2. The fourth-order valence-electron chi connectivity index (χ4n) is 1.40. The maximum absolute atomic E-state index is 12.0. The number of alkyl halides is 1. The van der Waals surface area contributed by atoms with Crippen molar-refractivity contribution in [2.24, 2.45) is 0 Å². The van der Waals surface area contributed by atoms with Gasteiger partial charge in [0.05, 0.1) is 5.56 Å². The third-order valence-corrected chi connectivity index (χ3v) is 2.90. The van der Waals surface area contributed by atoms with Crippen molar-refractivity contribution in [2.45, 2.75) is 13.3 Å². The van der Waals surface area contributed by atoms with Crippen LogP contribution in [0.4, 0.5) is 0 Å². The van der Waals surface area contributed by atoms with Gasteiger partial charge in [-0.05, 0) is 25.5 Å². The maximum Gasteiger partial charge on any atom is 0.272 e. The Hall–Kier alpha value is -1.41. The Morgan fingerprint density at radius 3 is 2.82 bits per heavy atom. The van der Waals surface area contributed by atoms with Crippen LogP contribution in [0.25, 0.3) is 0 Å². The van der Waals surface area contributed by atoms with E-state index in [1.165, 1.54) is 6.20 Å². The lowest BCUT2D eigenvalue weighted by Crippen LogP contribution is -2.32. The summed E-state index contributed by atoms with van der Waals surface area (Å²) in [4.78, 5) is 17.8. The van der Waals surface area contributed by atoms with E-state index in [-0.39, 0.29) is 5.91 Å². The minimum atomic E-state index is -0.0852. The lowest BCUT2D eigenvalue weighted by molar-refractivity contribution is 0.0759. The average Bonchev–Trinajstić information content (AvgIpc) is 2.39. The van der Waals surface area contributed by atoms with Crippen LogP contribution >= 0.6 is 15.9 Å². The number of carbonyl (C=O) groups excluding carboxylic acids is 1. The molecule has 0 radical (unpaired) electrons. The zero-order valence-electron chi connectivity index (χ0n) is 9.69. The number of rotatable bonds is 5. The van der Waals surface area contributed by atoms with Crippen molar-refractivity contribution in [2.75, 3.05) is 18.4 Å². The van der Waals surface area contributed by atoms with Gasteiger partial charge in [-0.2, -0.15) is 5.26 Å². The predicted molar refractivity (Wildman–Crippen MR) is 68.9 cm³/mol. The molecular weight excluding hydrogens is 282 g/mol. The Kier molecular flexibility index (Phi) is 5.64. The molecular formula is C12H14BrN3O. The van der Waals surface area contributed by atoms with Crippen molar-refractivity contribution in [3.8, 4) is 6.07 Å². The lowest BCUT2D eigenvalue weighted by Gasteiger charge is -2.19. The van der Waals surface area contributed by atoms with Crippen LogP contribution in [0, 0.1) is 11.3 Å². The first-order chi connectivity index (χ1) is 8.22. The Bertz CT molecular complexity index is 411. The molecule has 90 valence electrons. The van der Waals surface area contributed by atoms with Gasteiger partial charge in [-0.15, -0.1) is 0 Å². The van der Waals surface area contributed by atoms with Crippen LogP contribution in [0.1, 0.15) is 29.4 Å². The number of hydrogen-bond donors (Lipinski definition) is 0. The summed E-state index contributed by atoms with van der Waals surface area (Å²) >= 11 is 3.34. The molecule has 4 nitrogen and oxygen atoms in total. The molecule has 17 heavy (non-hydrogen) atoms. The minimum absolute atomic E-state index is 0.0852. The summed E-state index contributed by atoms with van der Waals surface area (Å²) in [5.41, 5.74) is 0.852.